The van der Waals surface area contributed by atoms with Crippen molar-refractivity contribution in [3.8, 4) is 23.0 Å². The molecular weight excluding hydrogens is 791 g/mol. The number of phenols is 1. The normalized spacial score (nSPS) is 24.9. The molecule has 3 heterocycles. The number of nitrogens with one attached hydrogen (secondary N) is 1. The van der Waals surface area contributed by atoms with E-state index in [9.17, 15) is 19.5 Å². The van der Waals surface area contributed by atoms with Gasteiger partial charge in [0.05, 0.1) is 46.7 Å². The van der Waals surface area contributed by atoms with Crippen LogP contribution < -0.4 is 15.1 Å². The lowest BCUT2D eigenvalue weighted by atomic mass is 9.49. The third-order valence-corrected chi connectivity index (χ3v) is 13.0. The summed E-state index contributed by atoms with van der Waals surface area (Å²) in [4.78, 5) is 65.4. The summed E-state index contributed by atoms with van der Waals surface area (Å²) in [5.74, 6) is -4.56. The van der Waals surface area contributed by atoms with Crippen LogP contribution >= 0.6 is 23.2 Å². The fraction of sp³-hybridized carbons (Fsp3) is 0.196. The fourth-order valence-electron chi connectivity index (χ4n) is 9.89. The van der Waals surface area contributed by atoms with Crippen molar-refractivity contribution in [3.63, 3.8) is 0 Å². The highest BCUT2D eigenvalue weighted by atomic mass is 35.5. The van der Waals surface area contributed by atoms with Crippen molar-refractivity contribution in [2.75, 3.05) is 17.4 Å². The number of carbonyl (C=O) groups is 4. The highest BCUT2D eigenvalue weighted by Gasteiger charge is 2.70. The van der Waals surface area contributed by atoms with Gasteiger partial charge in [0, 0.05) is 16.5 Å². The monoisotopic (exact) mass is 824 g/mol. The Morgan fingerprint density at radius 3 is 2.31 bits per heavy atom. The summed E-state index contributed by atoms with van der Waals surface area (Å²) < 4.78 is 11.4. The van der Waals surface area contributed by atoms with E-state index in [2.05, 4.69) is 10.4 Å². The first-order valence-electron chi connectivity index (χ1n) is 19.2. The van der Waals surface area contributed by atoms with Gasteiger partial charge < -0.3 is 14.3 Å². The number of fused-ring (bicyclic) bond motifs is 5. The summed E-state index contributed by atoms with van der Waals surface area (Å²) in [6, 6.07) is 32.8. The van der Waals surface area contributed by atoms with Gasteiger partial charge in [-0.1, -0.05) is 71.2 Å². The number of hydrogen-bond donors (Lipinski definition) is 2. The number of halogens is 2. The van der Waals surface area contributed by atoms with Gasteiger partial charge in [-0.05, 0) is 109 Å². The summed E-state index contributed by atoms with van der Waals surface area (Å²) in [5.41, 5.74) is 6.26. The van der Waals surface area contributed by atoms with Crippen molar-refractivity contribution in [1.29, 1.82) is 0 Å². The highest BCUT2D eigenvalue weighted by Crippen LogP contribution is 2.64. The number of methoxy groups -OCH3 is 1. The molecule has 1 saturated carbocycles. The van der Waals surface area contributed by atoms with Gasteiger partial charge in [0.1, 0.15) is 17.0 Å². The smallest absolute Gasteiger partial charge is 0.260 e. The lowest BCUT2D eigenvalue weighted by Gasteiger charge is -2.50. The van der Waals surface area contributed by atoms with Crippen molar-refractivity contribution in [2.45, 2.75) is 24.2 Å². The van der Waals surface area contributed by atoms with E-state index in [0.29, 0.717) is 55.8 Å². The van der Waals surface area contributed by atoms with Gasteiger partial charge >= 0.3 is 0 Å². The average molecular weight is 826 g/mol. The van der Waals surface area contributed by atoms with Gasteiger partial charge in [0.2, 0.25) is 17.7 Å². The number of ether oxygens (including phenoxy) is 1. The topological polar surface area (TPSA) is 142 Å². The molecule has 6 aromatic rings. The Kier molecular flexibility index (Phi) is 8.66. The molecule has 0 bridgehead atoms. The lowest BCUT2D eigenvalue weighted by Crippen LogP contribution is -2.53. The number of rotatable bonds is 7. The Morgan fingerprint density at radius 1 is 0.847 bits per heavy atom. The zero-order valence-electron chi connectivity index (χ0n) is 31.3. The predicted molar refractivity (Wildman–Crippen MR) is 221 cm³/mol. The molecule has 13 heteroatoms. The minimum Gasteiger partial charge on any atom is -0.508 e. The molecule has 2 aliphatic carbocycles. The molecule has 5 aromatic carbocycles. The third-order valence-electron chi connectivity index (χ3n) is 12.5. The van der Waals surface area contributed by atoms with Crippen LogP contribution in [0.4, 0.5) is 11.4 Å². The fourth-order valence-corrected chi connectivity index (χ4v) is 10.3. The Bertz CT molecular complexity index is 2720. The molecule has 1 aromatic heterocycles. The molecular formula is C46H34Cl2N4O7. The molecule has 2 saturated heterocycles. The summed E-state index contributed by atoms with van der Waals surface area (Å²) in [6.07, 6.45) is 2.34. The molecule has 4 aliphatic rings. The van der Waals surface area contributed by atoms with Crippen LogP contribution in [0.5, 0.6) is 11.5 Å². The molecule has 2 N–H and O–H groups in total. The molecule has 0 radical (unpaired) electrons. The van der Waals surface area contributed by atoms with Crippen molar-refractivity contribution < 1.29 is 33.4 Å². The minimum absolute atomic E-state index is 0.0256. The molecule has 4 amide bonds. The maximum Gasteiger partial charge on any atom is 0.260 e. The maximum absolute atomic E-state index is 15.4. The van der Waals surface area contributed by atoms with Gasteiger partial charge in [-0.3, -0.25) is 29.5 Å². The van der Waals surface area contributed by atoms with E-state index in [1.165, 1.54) is 11.0 Å². The third kappa shape index (κ3) is 5.59. The SMILES string of the molecule is COc1ccc(C23C(=O)N(Nc4ccc(Cl)cc4Cl)C(=O)C2CC2C(=CCC4C(=O)N(c5ccc(-c6nc7ccccc7o6)cc5)C(=O)C42)C3c2ccc(O)cc2)cc1. The number of hydrogen-bond acceptors (Lipinski definition) is 9. The van der Waals surface area contributed by atoms with Gasteiger partial charge in [0.25, 0.3) is 11.8 Å². The van der Waals surface area contributed by atoms with Crippen LogP contribution in [0.15, 0.2) is 131 Å². The zero-order valence-corrected chi connectivity index (χ0v) is 32.9. The van der Waals surface area contributed by atoms with Crippen LogP contribution in [-0.4, -0.2) is 45.8 Å². The second-order valence-electron chi connectivity index (χ2n) is 15.3. The summed E-state index contributed by atoms with van der Waals surface area (Å²) >= 11 is 12.8. The van der Waals surface area contributed by atoms with E-state index >= 15 is 4.79 Å². The number of para-hydroxylation sites is 2. The van der Waals surface area contributed by atoms with E-state index in [4.69, 9.17) is 32.4 Å². The largest absolute Gasteiger partial charge is 0.508 e. The summed E-state index contributed by atoms with van der Waals surface area (Å²) in [5, 5.41) is 12.0. The Hall–Kier alpha value is -6.43. The summed E-state index contributed by atoms with van der Waals surface area (Å²) in [6.45, 7) is 0. The molecule has 0 spiro atoms. The van der Waals surface area contributed by atoms with Crippen molar-refractivity contribution in [1.82, 2.24) is 9.99 Å². The van der Waals surface area contributed by atoms with Crippen LogP contribution in [0.1, 0.15) is 29.9 Å². The lowest BCUT2D eigenvalue weighted by molar-refractivity contribution is -0.138. The number of oxazole rings is 1. The number of aromatic hydroxyl groups is 1. The number of allylic oxidation sites excluding steroid dienone is 2. The minimum atomic E-state index is -1.52. The van der Waals surface area contributed by atoms with Gasteiger partial charge in [0.15, 0.2) is 5.58 Å². The first-order valence-corrected chi connectivity index (χ1v) is 19.9. The number of amides is 4. The Labute approximate surface area is 347 Å². The zero-order chi connectivity index (χ0) is 40.7. The first kappa shape index (κ1) is 36.9. The number of carbonyl (C=O) groups excluding carboxylic acids is 4. The van der Waals surface area contributed by atoms with Crippen LogP contribution in [0.2, 0.25) is 10.0 Å². The standard InChI is InChI=1S/C46H34Cl2N4O7/c1-58-30-17-10-26(11-18-30)46-34(43(55)52(45(46)57)50-36-21-12-27(47)22-35(36)48)23-33-31(40(46)24-8-15-29(53)16-9-24)19-20-32-39(33)44(56)51(42(32)54)28-13-6-25(7-14-28)41-49-37-4-2-3-5-38(37)59-41/h2-19,21-22,32-34,39-40,50,53H,20,23H2,1H3. The molecule has 6 unspecified atom stereocenters. The van der Waals surface area contributed by atoms with E-state index in [-0.39, 0.29) is 35.4 Å². The summed E-state index contributed by atoms with van der Waals surface area (Å²) in [7, 11) is 1.55. The van der Waals surface area contributed by atoms with Crippen molar-refractivity contribution in [2.24, 2.45) is 23.7 Å². The van der Waals surface area contributed by atoms with Crippen LogP contribution in [-0.2, 0) is 24.6 Å². The quantitative estimate of drug-likeness (QED) is 0.119. The Morgan fingerprint density at radius 2 is 1.59 bits per heavy atom. The van der Waals surface area contributed by atoms with E-state index < -0.39 is 46.8 Å². The van der Waals surface area contributed by atoms with E-state index in [0.717, 1.165) is 10.6 Å². The van der Waals surface area contributed by atoms with Crippen LogP contribution in [0.25, 0.3) is 22.6 Å². The number of hydrazine groups is 1. The number of benzene rings is 5. The average Bonchev–Trinajstić information content (AvgIpc) is 3.86. The molecule has 2 aliphatic heterocycles. The predicted octanol–water partition coefficient (Wildman–Crippen LogP) is 8.71. The number of imide groups is 2. The number of aromatic nitrogens is 1. The van der Waals surface area contributed by atoms with E-state index in [1.54, 1.807) is 92.0 Å². The molecule has 59 heavy (non-hydrogen) atoms. The second-order valence-corrected chi connectivity index (χ2v) is 16.2. The van der Waals surface area contributed by atoms with Crippen LogP contribution in [0.3, 0.4) is 0 Å². The van der Waals surface area contributed by atoms with Gasteiger partial charge in [-0.15, -0.1) is 0 Å². The number of nitrogens with zero attached hydrogens (tertiary/aromatic N) is 3. The second kappa shape index (κ2) is 13.9. The number of phenolic OH excluding ortho intramolecular Hbond substituents is 1. The first-order chi connectivity index (χ1) is 28.6. The van der Waals surface area contributed by atoms with Crippen molar-refractivity contribution >= 4 is 69.3 Å². The van der Waals surface area contributed by atoms with Crippen molar-refractivity contribution in [3.05, 3.63) is 148 Å². The molecule has 11 nitrogen and oxygen atoms in total. The van der Waals surface area contributed by atoms with Crippen LogP contribution in [0, 0.1) is 23.7 Å². The number of anilines is 2. The molecule has 294 valence electrons. The van der Waals surface area contributed by atoms with Gasteiger partial charge in [-0.2, -0.15) is 5.01 Å². The molecule has 6 atom stereocenters. The molecule has 10 rings (SSSR count). The van der Waals surface area contributed by atoms with Gasteiger partial charge in [-0.25, -0.2) is 4.98 Å². The Balaban J connectivity index is 1.07. The maximum atomic E-state index is 15.4. The van der Waals surface area contributed by atoms with E-state index in [1.807, 2.05) is 30.3 Å². The molecule has 3 fully saturated rings. The highest BCUT2D eigenvalue weighted by molar-refractivity contribution is 6.36.